The Balaban J connectivity index is 1.64. The van der Waals surface area contributed by atoms with Gasteiger partial charge in [0.1, 0.15) is 17.0 Å². The lowest BCUT2D eigenvalue weighted by molar-refractivity contribution is 0.348. The molecular weight excluding hydrogens is 314 g/mol. The van der Waals surface area contributed by atoms with Crippen molar-refractivity contribution in [3.63, 3.8) is 0 Å². The molecule has 1 aliphatic heterocycles. The smallest absolute Gasteiger partial charge is 0.205 e. The van der Waals surface area contributed by atoms with E-state index in [0.717, 1.165) is 41.6 Å². The predicted molar refractivity (Wildman–Crippen MR) is 98.8 cm³/mol. The van der Waals surface area contributed by atoms with Gasteiger partial charge in [-0.3, -0.25) is 4.57 Å². The van der Waals surface area contributed by atoms with Gasteiger partial charge < -0.3 is 14.6 Å². The van der Waals surface area contributed by atoms with Crippen LogP contribution in [0.3, 0.4) is 0 Å². The van der Waals surface area contributed by atoms with Crippen LogP contribution in [0.1, 0.15) is 30.8 Å². The summed E-state index contributed by atoms with van der Waals surface area (Å²) in [5.74, 6) is 2.73. The first-order valence-corrected chi connectivity index (χ1v) is 9.01. The van der Waals surface area contributed by atoms with Gasteiger partial charge in [0, 0.05) is 12.2 Å². The molecule has 1 N–H and O–H groups in total. The highest BCUT2D eigenvalue weighted by molar-refractivity contribution is 5.74. The molecule has 1 fully saturated rings. The summed E-state index contributed by atoms with van der Waals surface area (Å²) in [6.07, 6.45) is 5.33. The lowest BCUT2D eigenvalue weighted by atomic mass is 10.1. The molecule has 4 rings (SSSR count). The highest BCUT2D eigenvalue weighted by atomic mass is 16.3. The molecule has 1 atom stereocenters. The van der Waals surface area contributed by atoms with Crippen LogP contribution in [0, 0.1) is 6.92 Å². The van der Waals surface area contributed by atoms with E-state index in [0.29, 0.717) is 12.6 Å². The maximum Gasteiger partial charge on any atom is 0.205 e. The van der Waals surface area contributed by atoms with Gasteiger partial charge >= 0.3 is 0 Å². The van der Waals surface area contributed by atoms with Gasteiger partial charge in [0.05, 0.1) is 6.54 Å². The van der Waals surface area contributed by atoms with Crippen molar-refractivity contribution in [1.29, 1.82) is 0 Å². The fourth-order valence-electron chi connectivity index (χ4n) is 3.51. The summed E-state index contributed by atoms with van der Waals surface area (Å²) in [6, 6.07) is 8.41. The van der Waals surface area contributed by atoms with E-state index in [1.54, 1.807) is 0 Å². The summed E-state index contributed by atoms with van der Waals surface area (Å²) in [5, 5.41) is 3.67. The van der Waals surface area contributed by atoms with Crippen LogP contribution in [0.25, 0.3) is 11.2 Å². The second kappa shape index (κ2) is 6.88. The van der Waals surface area contributed by atoms with E-state index in [-0.39, 0.29) is 0 Å². The number of fused-ring (bicyclic) bond motifs is 1. The van der Waals surface area contributed by atoms with Crippen molar-refractivity contribution in [3.05, 3.63) is 42.0 Å². The molecule has 1 saturated heterocycles. The zero-order chi connectivity index (χ0) is 17.2. The third-order valence-electron chi connectivity index (χ3n) is 4.90. The third-order valence-corrected chi connectivity index (χ3v) is 4.90. The van der Waals surface area contributed by atoms with E-state index in [9.17, 15) is 0 Å². The number of furan rings is 1. The van der Waals surface area contributed by atoms with Gasteiger partial charge in [-0.1, -0.05) is 0 Å². The van der Waals surface area contributed by atoms with Gasteiger partial charge in [-0.2, -0.15) is 0 Å². The highest BCUT2D eigenvalue weighted by Crippen LogP contribution is 2.23. The lowest BCUT2D eigenvalue weighted by Gasteiger charge is -2.18. The molecule has 0 aliphatic carbocycles. The Morgan fingerprint density at radius 1 is 1.24 bits per heavy atom. The van der Waals surface area contributed by atoms with Crippen molar-refractivity contribution < 1.29 is 4.42 Å². The molecular formula is C19H25N5O. The van der Waals surface area contributed by atoms with Gasteiger partial charge in [-0.25, -0.2) is 9.97 Å². The van der Waals surface area contributed by atoms with Crippen LogP contribution in [-0.4, -0.2) is 45.6 Å². The third kappa shape index (κ3) is 3.54. The van der Waals surface area contributed by atoms with Crippen LogP contribution in [-0.2, 0) is 6.54 Å². The van der Waals surface area contributed by atoms with E-state index in [1.165, 1.54) is 19.4 Å². The molecule has 4 heterocycles. The number of likely N-dealkylation sites (tertiary alicyclic amines) is 1. The number of anilines is 1. The normalized spacial score (nSPS) is 19.2. The Morgan fingerprint density at radius 3 is 3.00 bits per heavy atom. The quantitative estimate of drug-likeness (QED) is 0.790. The standard InChI is InChI=1S/C19H25N5O/c1-14-7-8-16(25-14)13-24-18-17(6-3-10-20-18)22-19(24)21-15-5-4-11-23(2)12-9-15/h3,6-8,10,15H,4-5,9,11-13H2,1-2H3,(H,21,22). The van der Waals surface area contributed by atoms with Gasteiger partial charge in [0.2, 0.25) is 5.95 Å². The number of aromatic nitrogens is 3. The van der Waals surface area contributed by atoms with E-state index in [2.05, 4.69) is 26.8 Å². The first-order valence-electron chi connectivity index (χ1n) is 9.01. The van der Waals surface area contributed by atoms with Crippen molar-refractivity contribution in [1.82, 2.24) is 19.4 Å². The van der Waals surface area contributed by atoms with Crippen LogP contribution >= 0.6 is 0 Å². The number of hydrogen-bond donors (Lipinski definition) is 1. The summed E-state index contributed by atoms with van der Waals surface area (Å²) in [5.41, 5.74) is 1.81. The van der Waals surface area contributed by atoms with Crippen molar-refractivity contribution in [2.75, 3.05) is 25.5 Å². The van der Waals surface area contributed by atoms with E-state index < -0.39 is 0 Å². The van der Waals surface area contributed by atoms with Crippen molar-refractivity contribution in [3.8, 4) is 0 Å². The average molecular weight is 339 g/mol. The second-order valence-electron chi connectivity index (χ2n) is 6.96. The maximum atomic E-state index is 5.77. The summed E-state index contributed by atoms with van der Waals surface area (Å²) < 4.78 is 7.90. The van der Waals surface area contributed by atoms with E-state index in [1.807, 2.05) is 37.4 Å². The number of aryl methyl sites for hydroxylation is 1. The first kappa shape index (κ1) is 16.1. The van der Waals surface area contributed by atoms with Crippen LogP contribution in [0.4, 0.5) is 5.95 Å². The fourth-order valence-corrected chi connectivity index (χ4v) is 3.51. The minimum Gasteiger partial charge on any atom is -0.464 e. The van der Waals surface area contributed by atoms with Gasteiger partial charge in [0.15, 0.2) is 5.65 Å². The number of nitrogens with zero attached hydrogens (tertiary/aromatic N) is 4. The van der Waals surface area contributed by atoms with Crippen molar-refractivity contribution >= 4 is 17.1 Å². The summed E-state index contributed by atoms with van der Waals surface area (Å²) in [4.78, 5) is 11.7. The summed E-state index contributed by atoms with van der Waals surface area (Å²) in [6.45, 7) is 4.89. The molecule has 6 nitrogen and oxygen atoms in total. The molecule has 3 aromatic rings. The molecule has 1 unspecified atom stereocenters. The van der Waals surface area contributed by atoms with Crippen molar-refractivity contribution in [2.45, 2.75) is 38.8 Å². The molecule has 0 radical (unpaired) electrons. The zero-order valence-corrected chi connectivity index (χ0v) is 14.9. The molecule has 0 saturated carbocycles. The number of nitrogens with one attached hydrogen (secondary N) is 1. The monoisotopic (exact) mass is 339 g/mol. The Kier molecular flexibility index (Phi) is 4.44. The fraction of sp³-hybridized carbons (Fsp3) is 0.474. The van der Waals surface area contributed by atoms with Crippen LogP contribution < -0.4 is 5.32 Å². The van der Waals surface area contributed by atoms with E-state index >= 15 is 0 Å². The Labute approximate surface area is 147 Å². The summed E-state index contributed by atoms with van der Waals surface area (Å²) in [7, 11) is 2.20. The highest BCUT2D eigenvalue weighted by Gasteiger charge is 2.19. The largest absolute Gasteiger partial charge is 0.464 e. The molecule has 1 aliphatic rings. The lowest BCUT2D eigenvalue weighted by Crippen LogP contribution is -2.24. The van der Waals surface area contributed by atoms with Crippen LogP contribution in [0.5, 0.6) is 0 Å². The predicted octanol–water partition coefficient (Wildman–Crippen LogP) is 3.28. The number of pyridine rings is 1. The minimum atomic E-state index is 0.443. The van der Waals surface area contributed by atoms with Gasteiger partial charge in [-0.15, -0.1) is 0 Å². The Bertz CT molecular complexity index is 852. The Morgan fingerprint density at radius 2 is 2.16 bits per heavy atom. The molecule has 0 bridgehead atoms. The number of hydrogen-bond acceptors (Lipinski definition) is 5. The molecule has 0 aromatic carbocycles. The second-order valence-corrected chi connectivity index (χ2v) is 6.96. The zero-order valence-electron chi connectivity index (χ0n) is 14.9. The van der Waals surface area contributed by atoms with Crippen LogP contribution in [0.15, 0.2) is 34.9 Å². The first-order chi connectivity index (χ1) is 12.2. The summed E-state index contributed by atoms with van der Waals surface area (Å²) >= 11 is 0. The molecule has 0 spiro atoms. The molecule has 132 valence electrons. The molecule has 3 aromatic heterocycles. The topological polar surface area (TPSA) is 59.1 Å². The van der Waals surface area contributed by atoms with Gasteiger partial charge in [0.25, 0.3) is 0 Å². The Hall–Kier alpha value is -2.34. The number of rotatable bonds is 4. The van der Waals surface area contributed by atoms with Crippen LogP contribution in [0.2, 0.25) is 0 Å². The maximum absolute atomic E-state index is 5.77. The van der Waals surface area contributed by atoms with Crippen molar-refractivity contribution in [2.24, 2.45) is 0 Å². The number of imidazole rings is 1. The van der Waals surface area contributed by atoms with Gasteiger partial charge in [-0.05, 0) is 70.6 Å². The van der Waals surface area contributed by atoms with E-state index in [4.69, 9.17) is 9.40 Å². The molecule has 25 heavy (non-hydrogen) atoms. The molecule has 0 amide bonds. The minimum absolute atomic E-state index is 0.443. The average Bonchev–Trinajstić information content (AvgIpc) is 3.09. The molecule has 6 heteroatoms. The SMILES string of the molecule is Cc1ccc(Cn2c(NC3CCCN(C)CC3)nc3cccnc32)o1.